The van der Waals surface area contributed by atoms with E-state index in [1.807, 2.05) is 0 Å². The van der Waals surface area contributed by atoms with E-state index in [0.717, 1.165) is 4.31 Å². The molecule has 0 heterocycles. The number of benzene rings is 2. The molecule has 7 heteroatoms. The Morgan fingerprint density at radius 3 is 2.24 bits per heavy atom. The Morgan fingerprint density at radius 1 is 1.08 bits per heavy atom. The van der Waals surface area contributed by atoms with Crippen LogP contribution in [0.15, 0.2) is 53.4 Å². The van der Waals surface area contributed by atoms with E-state index >= 15 is 0 Å². The summed E-state index contributed by atoms with van der Waals surface area (Å²) >= 11 is 0. The van der Waals surface area contributed by atoms with Crippen molar-refractivity contribution in [3.8, 4) is 11.8 Å². The molecule has 0 saturated heterocycles. The van der Waals surface area contributed by atoms with Crippen molar-refractivity contribution in [2.24, 2.45) is 0 Å². The van der Waals surface area contributed by atoms with Crippen LogP contribution in [-0.2, 0) is 10.0 Å². The number of carbonyl (C=O) groups is 1. The molecule has 0 aliphatic carbocycles. The van der Waals surface area contributed by atoms with E-state index < -0.39 is 10.0 Å². The molecular weight excluding hydrogens is 343 g/mol. The van der Waals surface area contributed by atoms with Gasteiger partial charge < -0.3 is 5.32 Å². The summed E-state index contributed by atoms with van der Waals surface area (Å²) in [5.74, 6) is 4.88. The van der Waals surface area contributed by atoms with E-state index in [9.17, 15) is 17.6 Å². The van der Waals surface area contributed by atoms with Crippen LogP contribution in [0.2, 0.25) is 0 Å². The zero-order chi connectivity index (χ0) is 18.4. The van der Waals surface area contributed by atoms with Crippen molar-refractivity contribution in [2.45, 2.75) is 4.90 Å². The molecule has 25 heavy (non-hydrogen) atoms. The van der Waals surface area contributed by atoms with Gasteiger partial charge in [-0.2, -0.15) is 0 Å². The Labute approximate surface area is 146 Å². The number of rotatable bonds is 4. The van der Waals surface area contributed by atoms with Crippen LogP contribution in [0.3, 0.4) is 0 Å². The van der Waals surface area contributed by atoms with E-state index in [2.05, 4.69) is 17.2 Å². The van der Waals surface area contributed by atoms with E-state index in [1.54, 1.807) is 12.1 Å². The molecule has 0 unspecified atom stereocenters. The first-order chi connectivity index (χ1) is 11.8. The zero-order valence-corrected chi connectivity index (χ0v) is 14.6. The number of sulfonamides is 1. The largest absolute Gasteiger partial charge is 0.341 e. The molecule has 0 aromatic heterocycles. The molecule has 0 bridgehead atoms. The average Bonchev–Trinajstić information content (AvgIpc) is 2.60. The smallest absolute Gasteiger partial charge is 0.252 e. The molecule has 1 amide bonds. The molecule has 5 nitrogen and oxygen atoms in total. The molecular formula is C18H17FN2O3S. The van der Waals surface area contributed by atoms with Crippen molar-refractivity contribution >= 4 is 15.9 Å². The van der Waals surface area contributed by atoms with Crippen LogP contribution in [0.25, 0.3) is 0 Å². The predicted molar refractivity (Wildman–Crippen MR) is 92.9 cm³/mol. The number of hydrogen-bond donors (Lipinski definition) is 1. The molecule has 0 radical (unpaired) electrons. The fourth-order valence-corrected chi connectivity index (χ4v) is 2.80. The van der Waals surface area contributed by atoms with Crippen LogP contribution in [0, 0.1) is 17.7 Å². The van der Waals surface area contributed by atoms with Gasteiger partial charge in [-0.05, 0) is 48.5 Å². The van der Waals surface area contributed by atoms with Crippen LogP contribution in [0.5, 0.6) is 0 Å². The highest BCUT2D eigenvalue weighted by Crippen LogP contribution is 2.13. The SMILES string of the molecule is CN(C)S(=O)(=O)c1ccc(C(=O)NCC#Cc2ccc(F)cc2)cc1. The van der Waals surface area contributed by atoms with Crippen molar-refractivity contribution in [1.29, 1.82) is 0 Å². The van der Waals surface area contributed by atoms with Crippen molar-refractivity contribution in [3.05, 3.63) is 65.5 Å². The monoisotopic (exact) mass is 360 g/mol. The molecule has 0 aliphatic rings. The van der Waals surface area contributed by atoms with E-state index in [-0.39, 0.29) is 23.2 Å². The Kier molecular flexibility index (Phi) is 5.91. The fourth-order valence-electron chi connectivity index (χ4n) is 1.90. The van der Waals surface area contributed by atoms with Gasteiger partial charge in [-0.1, -0.05) is 11.8 Å². The Morgan fingerprint density at radius 2 is 1.68 bits per heavy atom. The normalized spacial score (nSPS) is 10.9. The lowest BCUT2D eigenvalue weighted by Gasteiger charge is -2.11. The van der Waals surface area contributed by atoms with Gasteiger partial charge >= 0.3 is 0 Å². The first-order valence-electron chi connectivity index (χ1n) is 7.36. The number of nitrogens with zero attached hydrogens (tertiary/aromatic N) is 1. The Bertz CT molecular complexity index is 910. The summed E-state index contributed by atoms with van der Waals surface area (Å²) < 4.78 is 37.8. The van der Waals surface area contributed by atoms with E-state index in [4.69, 9.17) is 0 Å². The Balaban J connectivity index is 1.97. The van der Waals surface area contributed by atoms with Gasteiger partial charge in [0.2, 0.25) is 10.0 Å². The summed E-state index contributed by atoms with van der Waals surface area (Å²) in [5, 5.41) is 2.62. The third-order valence-corrected chi connectivity index (χ3v) is 5.14. The van der Waals surface area contributed by atoms with Crippen molar-refractivity contribution in [2.75, 3.05) is 20.6 Å². The predicted octanol–water partition coefficient (Wildman–Crippen LogP) is 1.86. The molecule has 2 aromatic carbocycles. The summed E-state index contributed by atoms with van der Waals surface area (Å²) in [5.41, 5.74) is 0.982. The van der Waals surface area contributed by atoms with Crippen molar-refractivity contribution < 1.29 is 17.6 Å². The number of hydrogen-bond acceptors (Lipinski definition) is 3. The highest BCUT2D eigenvalue weighted by Gasteiger charge is 2.17. The lowest BCUT2D eigenvalue weighted by Crippen LogP contribution is -2.24. The quantitative estimate of drug-likeness (QED) is 0.847. The summed E-state index contributed by atoms with van der Waals surface area (Å²) in [6, 6.07) is 11.4. The maximum atomic E-state index is 12.8. The first kappa shape index (κ1) is 18.6. The minimum atomic E-state index is -3.52. The summed E-state index contributed by atoms with van der Waals surface area (Å²) in [4.78, 5) is 12.1. The fraction of sp³-hybridized carbons (Fsp3) is 0.167. The molecule has 2 rings (SSSR count). The van der Waals surface area contributed by atoms with Gasteiger partial charge in [0.15, 0.2) is 0 Å². The van der Waals surface area contributed by atoms with Crippen LogP contribution >= 0.6 is 0 Å². The number of amides is 1. The molecule has 2 aromatic rings. The van der Waals surface area contributed by atoms with E-state index in [0.29, 0.717) is 11.1 Å². The second kappa shape index (κ2) is 7.92. The molecule has 0 fully saturated rings. The molecule has 130 valence electrons. The summed E-state index contributed by atoms with van der Waals surface area (Å²) in [6.45, 7) is 0.119. The molecule has 1 N–H and O–H groups in total. The van der Waals surface area contributed by atoms with Crippen molar-refractivity contribution in [3.63, 3.8) is 0 Å². The van der Waals surface area contributed by atoms with Gasteiger partial charge in [-0.15, -0.1) is 0 Å². The standard InChI is InChI=1S/C18H17FN2O3S/c1-21(2)25(23,24)17-11-7-15(8-12-17)18(22)20-13-3-4-14-5-9-16(19)10-6-14/h5-12H,13H2,1-2H3,(H,20,22). The highest BCUT2D eigenvalue weighted by molar-refractivity contribution is 7.89. The van der Waals surface area contributed by atoms with Crippen LogP contribution in [0.1, 0.15) is 15.9 Å². The average molecular weight is 360 g/mol. The third kappa shape index (κ3) is 4.89. The minimum absolute atomic E-state index is 0.116. The van der Waals surface area contributed by atoms with E-state index in [1.165, 1.54) is 50.5 Å². The molecule has 0 spiro atoms. The van der Waals surface area contributed by atoms with Gasteiger partial charge in [0.05, 0.1) is 11.4 Å². The van der Waals surface area contributed by atoms with Gasteiger partial charge in [0, 0.05) is 25.2 Å². The Hall–Kier alpha value is -2.69. The summed E-state index contributed by atoms with van der Waals surface area (Å²) in [7, 11) is -0.641. The maximum absolute atomic E-state index is 12.8. The van der Waals surface area contributed by atoms with Crippen molar-refractivity contribution in [1.82, 2.24) is 9.62 Å². The number of nitrogens with one attached hydrogen (secondary N) is 1. The molecule has 0 saturated carbocycles. The zero-order valence-electron chi connectivity index (χ0n) is 13.8. The lowest BCUT2D eigenvalue weighted by atomic mass is 10.2. The highest BCUT2D eigenvalue weighted by atomic mass is 32.2. The summed E-state index contributed by atoms with van der Waals surface area (Å²) in [6.07, 6.45) is 0. The van der Waals surface area contributed by atoms with Gasteiger partial charge in [-0.3, -0.25) is 4.79 Å². The minimum Gasteiger partial charge on any atom is -0.341 e. The lowest BCUT2D eigenvalue weighted by molar-refractivity contribution is 0.0958. The third-order valence-electron chi connectivity index (χ3n) is 3.31. The van der Waals surface area contributed by atoms with Gasteiger partial charge in [0.1, 0.15) is 5.82 Å². The van der Waals surface area contributed by atoms with Crippen LogP contribution in [0.4, 0.5) is 4.39 Å². The second-order valence-corrected chi connectivity index (χ2v) is 7.45. The van der Waals surface area contributed by atoms with Gasteiger partial charge in [0.25, 0.3) is 5.91 Å². The first-order valence-corrected chi connectivity index (χ1v) is 8.80. The number of carbonyl (C=O) groups excluding carboxylic acids is 1. The molecule has 0 aliphatic heterocycles. The van der Waals surface area contributed by atoms with Crippen LogP contribution in [-0.4, -0.2) is 39.3 Å². The number of halogens is 1. The maximum Gasteiger partial charge on any atom is 0.252 e. The van der Waals surface area contributed by atoms with Crippen LogP contribution < -0.4 is 5.32 Å². The topological polar surface area (TPSA) is 66.5 Å². The molecule has 0 atom stereocenters. The van der Waals surface area contributed by atoms with Gasteiger partial charge in [-0.25, -0.2) is 17.1 Å². The second-order valence-electron chi connectivity index (χ2n) is 5.30.